The van der Waals surface area contributed by atoms with E-state index in [1.165, 1.54) is 24.3 Å². The maximum atomic E-state index is 12.5. The van der Waals surface area contributed by atoms with Crippen molar-refractivity contribution in [1.29, 1.82) is 0 Å². The number of ether oxygens (including phenoxy) is 1. The van der Waals surface area contributed by atoms with Gasteiger partial charge in [-0.15, -0.1) is 0 Å². The molecule has 0 fully saturated rings. The Morgan fingerprint density at radius 3 is 2.03 bits per heavy atom. The van der Waals surface area contributed by atoms with Crippen LogP contribution in [0.5, 0.6) is 5.75 Å². The maximum absolute atomic E-state index is 12.5. The van der Waals surface area contributed by atoms with E-state index in [0.29, 0.717) is 11.4 Å². The van der Waals surface area contributed by atoms with Crippen molar-refractivity contribution in [2.75, 3.05) is 11.3 Å². The molecule has 0 saturated carbocycles. The highest BCUT2D eigenvalue weighted by molar-refractivity contribution is 9.10. The first-order valence-electron chi connectivity index (χ1n) is 9.29. The molecule has 0 saturated heterocycles. The summed E-state index contributed by atoms with van der Waals surface area (Å²) in [7, 11) is -3.73. The van der Waals surface area contributed by atoms with Gasteiger partial charge in [0.15, 0.2) is 6.61 Å². The Balaban J connectivity index is 1.54. The molecule has 0 bridgehead atoms. The van der Waals surface area contributed by atoms with E-state index >= 15 is 0 Å². The molecule has 31 heavy (non-hydrogen) atoms. The number of carbonyl (C=O) groups is 1. The van der Waals surface area contributed by atoms with Crippen molar-refractivity contribution >= 4 is 53.5 Å². The molecule has 0 spiro atoms. The molecule has 162 valence electrons. The Morgan fingerprint density at radius 2 is 1.45 bits per heavy atom. The zero-order valence-corrected chi connectivity index (χ0v) is 20.5. The second-order valence-corrected chi connectivity index (χ2v) is 10.2. The summed E-state index contributed by atoms with van der Waals surface area (Å²) < 4.78 is 34.8. The zero-order chi connectivity index (χ0) is 22.4. The molecule has 2 N–H and O–H groups in total. The van der Waals surface area contributed by atoms with Crippen molar-refractivity contribution in [3.05, 3.63) is 87.3 Å². The van der Waals surface area contributed by atoms with E-state index in [-0.39, 0.29) is 23.5 Å². The second kappa shape index (κ2) is 10.3. The van der Waals surface area contributed by atoms with Gasteiger partial charge in [0, 0.05) is 14.6 Å². The largest absolute Gasteiger partial charge is 0.484 e. The number of nitrogens with one attached hydrogen (secondary N) is 2. The number of hydrogen-bond donors (Lipinski definition) is 2. The lowest BCUT2D eigenvalue weighted by Crippen LogP contribution is -2.31. The van der Waals surface area contributed by atoms with Crippen molar-refractivity contribution in [2.45, 2.75) is 17.9 Å². The van der Waals surface area contributed by atoms with Crippen LogP contribution in [0.2, 0.25) is 0 Å². The Bertz CT molecular complexity index is 1130. The molecule has 1 atom stereocenters. The van der Waals surface area contributed by atoms with Crippen LogP contribution < -0.4 is 14.8 Å². The Morgan fingerprint density at radius 1 is 0.903 bits per heavy atom. The van der Waals surface area contributed by atoms with Gasteiger partial charge in [-0.1, -0.05) is 44.0 Å². The minimum absolute atomic E-state index is 0.0936. The minimum Gasteiger partial charge on any atom is -0.484 e. The van der Waals surface area contributed by atoms with E-state index in [1.54, 1.807) is 24.3 Å². The highest BCUT2D eigenvalue weighted by Gasteiger charge is 2.15. The smallest absolute Gasteiger partial charge is 0.261 e. The monoisotopic (exact) mass is 566 g/mol. The summed E-state index contributed by atoms with van der Waals surface area (Å²) in [5, 5.41) is 2.86. The average molecular weight is 568 g/mol. The third-order valence-corrected chi connectivity index (χ3v) is 6.80. The van der Waals surface area contributed by atoms with Crippen LogP contribution in [-0.2, 0) is 14.8 Å². The van der Waals surface area contributed by atoms with E-state index in [2.05, 4.69) is 41.9 Å². The van der Waals surface area contributed by atoms with E-state index in [9.17, 15) is 13.2 Å². The molecule has 0 aliphatic heterocycles. The van der Waals surface area contributed by atoms with Crippen LogP contribution in [-0.4, -0.2) is 20.9 Å². The molecule has 1 amide bonds. The van der Waals surface area contributed by atoms with Crippen LogP contribution >= 0.6 is 31.9 Å². The average Bonchev–Trinajstić information content (AvgIpc) is 2.74. The molecule has 0 heterocycles. The highest BCUT2D eigenvalue weighted by Crippen LogP contribution is 2.21. The topological polar surface area (TPSA) is 84.5 Å². The van der Waals surface area contributed by atoms with Gasteiger partial charge >= 0.3 is 0 Å². The fourth-order valence-corrected chi connectivity index (χ4v) is 4.30. The number of amides is 1. The number of anilines is 1. The summed E-state index contributed by atoms with van der Waals surface area (Å²) in [6.45, 7) is 1.71. The molecule has 3 aromatic rings. The fourth-order valence-electron chi connectivity index (χ4n) is 2.71. The van der Waals surface area contributed by atoms with Crippen LogP contribution in [0.15, 0.2) is 86.6 Å². The standard InChI is InChI=1S/C22H20Br2N2O4S/c1-15(16-2-4-17(23)5-3-16)25-22(27)14-30-20-10-12-21(13-11-20)31(28,29)26-19-8-6-18(24)7-9-19/h2-13,15,26H,14H2,1H3,(H,25,27)/t15-/m1/s1. The Kier molecular flexibility index (Phi) is 7.74. The Hall–Kier alpha value is -2.36. The molecular weight excluding hydrogens is 548 g/mol. The normalized spacial score (nSPS) is 12.1. The predicted octanol–water partition coefficient (Wildman–Crippen LogP) is 5.27. The summed E-state index contributed by atoms with van der Waals surface area (Å²) in [5.41, 5.74) is 1.43. The molecule has 0 unspecified atom stereocenters. The van der Waals surface area contributed by atoms with Gasteiger partial charge in [-0.3, -0.25) is 9.52 Å². The molecule has 0 aliphatic rings. The molecule has 0 radical (unpaired) electrons. The summed E-state index contributed by atoms with van der Waals surface area (Å²) in [5.74, 6) is 0.123. The van der Waals surface area contributed by atoms with Gasteiger partial charge in [-0.2, -0.15) is 0 Å². The van der Waals surface area contributed by atoms with Crippen molar-refractivity contribution in [3.8, 4) is 5.75 Å². The zero-order valence-electron chi connectivity index (χ0n) is 16.5. The summed E-state index contributed by atoms with van der Waals surface area (Å²) >= 11 is 6.69. The SMILES string of the molecule is C[C@@H](NC(=O)COc1ccc(S(=O)(=O)Nc2ccc(Br)cc2)cc1)c1ccc(Br)cc1. The van der Waals surface area contributed by atoms with Crippen molar-refractivity contribution in [2.24, 2.45) is 0 Å². The van der Waals surface area contributed by atoms with Gasteiger partial charge in [-0.25, -0.2) is 8.42 Å². The summed E-state index contributed by atoms with van der Waals surface area (Å²) in [6, 6.07) is 20.2. The molecule has 0 aliphatic carbocycles. The first-order chi connectivity index (χ1) is 14.7. The fraction of sp³-hybridized carbons (Fsp3) is 0.136. The number of rotatable bonds is 8. The lowest BCUT2D eigenvalue weighted by molar-refractivity contribution is -0.123. The number of hydrogen-bond acceptors (Lipinski definition) is 4. The molecule has 0 aromatic heterocycles. The number of benzene rings is 3. The van der Waals surface area contributed by atoms with Crippen LogP contribution in [0.4, 0.5) is 5.69 Å². The van der Waals surface area contributed by atoms with Gasteiger partial charge < -0.3 is 10.1 Å². The van der Waals surface area contributed by atoms with Crippen LogP contribution in [0.3, 0.4) is 0 Å². The minimum atomic E-state index is -3.73. The third kappa shape index (κ3) is 6.81. The van der Waals surface area contributed by atoms with E-state index < -0.39 is 10.0 Å². The van der Waals surface area contributed by atoms with Gasteiger partial charge in [0.1, 0.15) is 5.75 Å². The third-order valence-electron chi connectivity index (χ3n) is 4.35. The first-order valence-corrected chi connectivity index (χ1v) is 12.4. The van der Waals surface area contributed by atoms with Crippen molar-refractivity contribution in [3.63, 3.8) is 0 Å². The second-order valence-electron chi connectivity index (χ2n) is 6.71. The quantitative estimate of drug-likeness (QED) is 0.388. The maximum Gasteiger partial charge on any atom is 0.261 e. The van der Waals surface area contributed by atoms with E-state index in [4.69, 9.17) is 4.74 Å². The lowest BCUT2D eigenvalue weighted by atomic mass is 10.1. The first kappa shape index (κ1) is 23.3. The van der Waals surface area contributed by atoms with E-state index in [0.717, 1.165) is 14.5 Å². The summed E-state index contributed by atoms with van der Waals surface area (Å²) in [4.78, 5) is 12.3. The molecule has 3 aromatic carbocycles. The van der Waals surface area contributed by atoms with Gasteiger partial charge in [-0.05, 0) is 73.2 Å². The molecule has 6 nitrogen and oxygen atoms in total. The highest BCUT2D eigenvalue weighted by atomic mass is 79.9. The van der Waals surface area contributed by atoms with Crippen molar-refractivity contribution < 1.29 is 17.9 Å². The Labute approximate surface area is 198 Å². The van der Waals surface area contributed by atoms with Crippen LogP contribution in [0.1, 0.15) is 18.5 Å². The van der Waals surface area contributed by atoms with Gasteiger partial charge in [0.2, 0.25) is 0 Å². The number of halogens is 2. The van der Waals surface area contributed by atoms with Gasteiger partial charge in [0.05, 0.1) is 10.9 Å². The van der Waals surface area contributed by atoms with Gasteiger partial charge in [0.25, 0.3) is 15.9 Å². The van der Waals surface area contributed by atoms with E-state index in [1.807, 2.05) is 31.2 Å². The molecule has 3 rings (SSSR count). The molecule has 9 heteroatoms. The number of carbonyl (C=O) groups excluding carboxylic acids is 1. The van der Waals surface area contributed by atoms with Crippen molar-refractivity contribution in [1.82, 2.24) is 5.32 Å². The lowest BCUT2D eigenvalue weighted by Gasteiger charge is -2.15. The number of sulfonamides is 1. The molecular formula is C22H20Br2N2O4S. The predicted molar refractivity (Wildman–Crippen MR) is 128 cm³/mol. The van der Waals surface area contributed by atoms with Crippen LogP contribution in [0, 0.1) is 0 Å². The summed E-state index contributed by atoms with van der Waals surface area (Å²) in [6.07, 6.45) is 0. The van der Waals surface area contributed by atoms with Crippen LogP contribution in [0.25, 0.3) is 0 Å².